The maximum absolute atomic E-state index is 14.1. The zero-order valence-electron chi connectivity index (χ0n) is 16.0. The quantitative estimate of drug-likeness (QED) is 0.668. The second-order valence-electron chi connectivity index (χ2n) is 7.54. The number of aliphatic hydroxyl groups is 1. The van der Waals surface area contributed by atoms with Crippen molar-refractivity contribution in [3.8, 4) is 5.75 Å². The minimum absolute atomic E-state index is 0.137. The molecule has 1 aromatic carbocycles. The SMILES string of the molecule is COc1ccc(F)c(CN2CCC[C@](O)(CNCCN3CCCC3)C2=O)c1. The van der Waals surface area contributed by atoms with Crippen LogP contribution in [0.2, 0.25) is 0 Å². The Bertz CT molecular complexity index is 651. The largest absolute Gasteiger partial charge is 0.497 e. The lowest BCUT2D eigenvalue weighted by molar-refractivity contribution is -0.157. The summed E-state index contributed by atoms with van der Waals surface area (Å²) >= 11 is 0. The highest BCUT2D eigenvalue weighted by atomic mass is 19.1. The van der Waals surface area contributed by atoms with Gasteiger partial charge in [-0.05, 0) is 57.0 Å². The van der Waals surface area contributed by atoms with Crippen LogP contribution in [0, 0.1) is 5.82 Å². The Balaban J connectivity index is 1.55. The van der Waals surface area contributed by atoms with Gasteiger partial charge in [-0.1, -0.05) is 0 Å². The van der Waals surface area contributed by atoms with Crippen molar-refractivity contribution in [3.05, 3.63) is 29.6 Å². The van der Waals surface area contributed by atoms with E-state index in [4.69, 9.17) is 4.74 Å². The Morgan fingerprint density at radius 3 is 2.78 bits per heavy atom. The highest BCUT2D eigenvalue weighted by molar-refractivity contribution is 5.86. The number of ether oxygens (including phenoxy) is 1. The fourth-order valence-electron chi connectivity index (χ4n) is 3.92. The Labute approximate surface area is 160 Å². The molecule has 2 saturated heterocycles. The van der Waals surface area contributed by atoms with Gasteiger partial charge < -0.3 is 25.0 Å². The Morgan fingerprint density at radius 1 is 1.26 bits per heavy atom. The number of carbonyl (C=O) groups is 1. The lowest BCUT2D eigenvalue weighted by atomic mass is 9.91. The summed E-state index contributed by atoms with van der Waals surface area (Å²) in [6.07, 6.45) is 3.62. The van der Waals surface area contributed by atoms with Gasteiger partial charge in [0.1, 0.15) is 11.6 Å². The monoisotopic (exact) mass is 379 g/mol. The summed E-state index contributed by atoms with van der Waals surface area (Å²) in [5, 5.41) is 14.1. The summed E-state index contributed by atoms with van der Waals surface area (Å²) in [7, 11) is 1.52. The highest BCUT2D eigenvalue weighted by Crippen LogP contribution is 2.25. The van der Waals surface area contributed by atoms with Gasteiger partial charge in [0.2, 0.25) is 0 Å². The van der Waals surface area contributed by atoms with E-state index in [1.54, 1.807) is 17.0 Å². The number of hydrogen-bond acceptors (Lipinski definition) is 5. The molecule has 2 aliphatic rings. The number of halogens is 1. The Morgan fingerprint density at radius 2 is 2.04 bits per heavy atom. The van der Waals surface area contributed by atoms with E-state index in [0.29, 0.717) is 30.7 Å². The molecule has 0 unspecified atom stereocenters. The van der Waals surface area contributed by atoms with Crippen LogP contribution in [0.25, 0.3) is 0 Å². The van der Waals surface area contributed by atoms with Gasteiger partial charge in [0, 0.05) is 38.3 Å². The van der Waals surface area contributed by atoms with Crippen LogP contribution < -0.4 is 10.1 Å². The van der Waals surface area contributed by atoms with Crippen LogP contribution in [0.15, 0.2) is 18.2 Å². The van der Waals surface area contributed by atoms with Crippen LogP contribution in [0.4, 0.5) is 4.39 Å². The number of methoxy groups -OCH3 is 1. The number of carbonyl (C=O) groups excluding carboxylic acids is 1. The zero-order chi connectivity index (χ0) is 19.3. The molecule has 150 valence electrons. The number of rotatable bonds is 8. The van der Waals surface area contributed by atoms with Gasteiger partial charge in [0.25, 0.3) is 5.91 Å². The van der Waals surface area contributed by atoms with Gasteiger partial charge in [-0.2, -0.15) is 0 Å². The molecule has 0 aromatic heterocycles. The molecule has 6 nitrogen and oxygen atoms in total. The van der Waals surface area contributed by atoms with Crippen LogP contribution in [-0.2, 0) is 11.3 Å². The van der Waals surface area contributed by atoms with E-state index >= 15 is 0 Å². The predicted molar refractivity (Wildman–Crippen MR) is 101 cm³/mol. The zero-order valence-corrected chi connectivity index (χ0v) is 16.0. The van der Waals surface area contributed by atoms with Gasteiger partial charge >= 0.3 is 0 Å². The Kier molecular flexibility index (Phi) is 6.68. The molecule has 0 radical (unpaired) electrons. The van der Waals surface area contributed by atoms with Crippen LogP contribution >= 0.6 is 0 Å². The first-order valence-corrected chi connectivity index (χ1v) is 9.79. The minimum Gasteiger partial charge on any atom is -0.497 e. The normalized spacial score (nSPS) is 23.8. The first kappa shape index (κ1) is 20.0. The maximum Gasteiger partial charge on any atom is 0.256 e. The molecule has 0 bridgehead atoms. The lowest BCUT2D eigenvalue weighted by Gasteiger charge is -2.38. The average molecular weight is 379 g/mol. The predicted octanol–water partition coefficient (Wildman–Crippen LogP) is 1.37. The van der Waals surface area contributed by atoms with Crippen LogP contribution in [0.3, 0.4) is 0 Å². The summed E-state index contributed by atoms with van der Waals surface area (Å²) in [5.41, 5.74) is -1.02. The number of nitrogens with one attached hydrogen (secondary N) is 1. The number of amides is 1. The molecular formula is C20H30FN3O3. The van der Waals surface area contributed by atoms with Crippen LogP contribution in [-0.4, -0.2) is 72.8 Å². The fraction of sp³-hybridized carbons (Fsp3) is 0.650. The number of nitrogens with zero attached hydrogens (tertiary/aromatic N) is 2. The lowest BCUT2D eigenvalue weighted by Crippen LogP contribution is -2.58. The molecular weight excluding hydrogens is 349 g/mol. The number of benzene rings is 1. The molecule has 0 saturated carbocycles. The molecule has 2 fully saturated rings. The number of likely N-dealkylation sites (tertiary alicyclic amines) is 2. The smallest absolute Gasteiger partial charge is 0.256 e. The van der Waals surface area contributed by atoms with E-state index in [1.165, 1.54) is 26.0 Å². The molecule has 2 aliphatic heterocycles. The summed E-state index contributed by atoms with van der Waals surface area (Å²) in [4.78, 5) is 16.8. The van der Waals surface area contributed by atoms with Crippen LogP contribution in [0.1, 0.15) is 31.2 Å². The first-order valence-electron chi connectivity index (χ1n) is 9.79. The maximum atomic E-state index is 14.1. The van der Waals surface area contributed by atoms with E-state index in [9.17, 15) is 14.3 Å². The van der Waals surface area contributed by atoms with E-state index in [2.05, 4.69) is 10.2 Å². The molecule has 7 heteroatoms. The van der Waals surface area contributed by atoms with Gasteiger partial charge in [0.15, 0.2) is 5.60 Å². The second kappa shape index (κ2) is 8.99. The number of hydrogen-bond donors (Lipinski definition) is 2. The van der Waals surface area contributed by atoms with Crippen molar-refractivity contribution in [2.45, 2.75) is 37.8 Å². The third-order valence-electron chi connectivity index (χ3n) is 5.54. The summed E-state index contributed by atoms with van der Waals surface area (Å²) in [6.45, 7) is 4.83. The van der Waals surface area contributed by atoms with Crippen molar-refractivity contribution in [1.82, 2.24) is 15.1 Å². The van der Waals surface area contributed by atoms with Gasteiger partial charge in [0.05, 0.1) is 7.11 Å². The van der Waals surface area contributed by atoms with E-state index in [0.717, 1.165) is 26.2 Å². The van der Waals surface area contributed by atoms with Crippen molar-refractivity contribution in [2.24, 2.45) is 0 Å². The molecule has 2 heterocycles. The molecule has 1 amide bonds. The molecule has 0 spiro atoms. The van der Waals surface area contributed by atoms with Crippen molar-refractivity contribution in [2.75, 3.05) is 46.4 Å². The third kappa shape index (κ3) is 4.97. The van der Waals surface area contributed by atoms with Gasteiger partial charge in [-0.15, -0.1) is 0 Å². The number of piperidine rings is 1. The van der Waals surface area contributed by atoms with Crippen molar-refractivity contribution >= 4 is 5.91 Å². The first-order chi connectivity index (χ1) is 13.0. The highest BCUT2D eigenvalue weighted by Gasteiger charge is 2.41. The van der Waals surface area contributed by atoms with Crippen molar-refractivity contribution in [3.63, 3.8) is 0 Å². The van der Waals surface area contributed by atoms with Crippen LogP contribution in [0.5, 0.6) is 5.75 Å². The molecule has 1 atom stereocenters. The summed E-state index contributed by atoms with van der Waals surface area (Å²) in [6, 6.07) is 4.50. The molecule has 0 aliphatic carbocycles. The van der Waals surface area contributed by atoms with E-state index in [-0.39, 0.29) is 24.8 Å². The molecule has 1 aromatic rings. The van der Waals surface area contributed by atoms with Gasteiger partial charge in [-0.3, -0.25) is 4.79 Å². The topological polar surface area (TPSA) is 65.0 Å². The van der Waals surface area contributed by atoms with Crippen molar-refractivity contribution < 1.29 is 19.0 Å². The third-order valence-corrected chi connectivity index (χ3v) is 5.54. The van der Waals surface area contributed by atoms with Gasteiger partial charge in [-0.25, -0.2) is 4.39 Å². The minimum atomic E-state index is -1.42. The van der Waals surface area contributed by atoms with E-state index in [1.807, 2.05) is 0 Å². The summed E-state index contributed by atoms with van der Waals surface area (Å²) in [5.74, 6) is -0.152. The second-order valence-corrected chi connectivity index (χ2v) is 7.54. The van der Waals surface area contributed by atoms with Crippen molar-refractivity contribution in [1.29, 1.82) is 0 Å². The fourth-order valence-corrected chi connectivity index (χ4v) is 3.92. The molecule has 3 rings (SSSR count). The molecule has 27 heavy (non-hydrogen) atoms. The Hall–Kier alpha value is -1.70. The average Bonchev–Trinajstić information content (AvgIpc) is 3.18. The standard InChI is InChI=1S/C20H30FN3O3/c1-27-17-5-6-18(21)16(13-17)14-24-11-4-7-20(26,19(24)25)15-22-8-12-23-9-2-3-10-23/h5-6,13,22,26H,2-4,7-12,14-15H2,1H3/t20-/m0/s1. The molecule has 2 N–H and O–H groups in total. The van der Waals surface area contributed by atoms with E-state index < -0.39 is 5.60 Å². The summed E-state index contributed by atoms with van der Waals surface area (Å²) < 4.78 is 19.2.